The Morgan fingerprint density at radius 2 is 2.19 bits per heavy atom. The van der Waals surface area contributed by atoms with Crippen molar-refractivity contribution in [3.05, 3.63) is 28.4 Å². The lowest BCUT2D eigenvalue weighted by Crippen LogP contribution is -3.17. The van der Waals surface area contributed by atoms with Crippen LogP contribution in [0.4, 0.5) is 5.69 Å². The number of piperidine rings is 1. The number of esters is 1. The van der Waals surface area contributed by atoms with Crippen LogP contribution in [-0.4, -0.2) is 43.1 Å². The molecule has 1 aliphatic heterocycles. The second-order valence-corrected chi connectivity index (χ2v) is 8.04. The van der Waals surface area contributed by atoms with E-state index in [2.05, 4.69) is 33.2 Å². The molecule has 0 aliphatic carbocycles. The average molecular weight is 423 g/mol. The molecule has 7 heteroatoms. The molecule has 26 heavy (non-hydrogen) atoms. The SMILES string of the molecule is COC(=O)c1[nH]c2ccc(Br)cc2c1NC(=O)[C@H](C)[NH+]1CCC[C@@H](C)C1. The highest BCUT2D eigenvalue weighted by molar-refractivity contribution is 9.10. The number of halogens is 1. The monoisotopic (exact) mass is 422 g/mol. The number of benzene rings is 1. The van der Waals surface area contributed by atoms with Gasteiger partial charge < -0.3 is 19.9 Å². The number of aromatic amines is 1. The Labute approximate surface area is 161 Å². The molecule has 1 saturated heterocycles. The summed E-state index contributed by atoms with van der Waals surface area (Å²) < 4.78 is 5.75. The minimum atomic E-state index is -0.501. The minimum Gasteiger partial charge on any atom is -0.464 e. The topological polar surface area (TPSA) is 75.6 Å². The van der Waals surface area contributed by atoms with Gasteiger partial charge >= 0.3 is 5.97 Å². The average Bonchev–Trinajstić information content (AvgIpc) is 2.98. The summed E-state index contributed by atoms with van der Waals surface area (Å²) in [5, 5.41) is 3.76. The lowest BCUT2D eigenvalue weighted by atomic mass is 9.99. The number of hydrogen-bond acceptors (Lipinski definition) is 3. The van der Waals surface area contributed by atoms with E-state index in [9.17, 15) is 9.59 Å². The summed E-state index contributed by atoms with van der Waals surface area (Å²) in [6, 6.07) is 5.45. The first-order chi connectivity index (χ1) is 12.4. The summed E-state index contributed by atoms with van der Waals surface area (Å²) in [6.45, 7) is 6.18. The number of hydrogen-bond donors (Lipinski definition) is 3. The number of nitrogens with one attached hydrogen (secondary N) is 3. The Bertz CT molecular complexity index is 833. The van der Waals surface area contributed by atoms with Crippen LogP contribution in [0.3, 0.4) is 0 Å². The van der Waals surface area contributed by atoms with E-state index in [1.54, 1.807) is 0 Å². The standard InChI is InChI=1S/C19H24BrN3O3/c1-11-5-4-8-23(10-11)12(2)18(24)22-16-14-9-13(20)6-7-15(14)21-17(16)19(25)26-3/h6-7,9,11-12,21H,4-5,8,10H2,1-3H3,(H,22,24)/p+1/t11-,12+/m1/s1. The van der Waals surface area contributed by atoms with E-state index in [0.717, 1.165) is 34.9 Å². The number of aromatic nitrogens is 1. The highest BCUT2D eigenvalue weighted by atomic mass is 79.9. The third-order valence-corrected chi connectivity index (χ3v) is 5.70. The minimum absolute atomic E-state index is 0.0832. The van der Waals surface area contributed by atoms with Gasteiger partial charge in [0.05, 0.1) is 25.9 Å². The van der Waals surface area contributed by atoms with Crippen molar-refractivity contribution in [2.24, 2.45) is 5.92 Å². The van der Waals surface area contributed by atoms with Gasteiger partial charge in [-0.15, -0.1) is 0 Å². The predicted molar refractivity (Wildman–Crippen MR) is 105 cm³/mol. The number of quaternary nitrogens is 1. The lowest BCUT2D eigenvalue weighted by molar-refractivity contribution is -0.922. The van der Waals surface area contributed by atoms with Crippen LogP contribution >= 0.6 is 15.9 Å². The quantitative estimate of drug-likeness (QED) is 0.661. The zero-order chi connectivity index (χ0) is 18.8. The number of methoxy groups -OCH3 is 1. The summed E-state index contributed by atoms with van der Waals surface area (Å²) in [4.78, 5) is 29.4. The first-order valence-corrected chi connectivity index (χ1v) is 9.75. The lowest BCUT2D eigenvalue weighted by Gasteiger charge is -2.31. The summed E-state index contributed by atoms with van der Waals surface area (Å²) in [6.07, 6.45) is 2.36. The first kappa shape index (κ1) is 18.9. The molecule has 1 aromatic carbocycles. The van der Waals surface area contributed by atoms with E-state index in [-0.39, 0.29) is 17.6 Å². The largest absolute Gasteiger partial charge is 0.464 e. The molecule has 6 nitrogen and oxygen atoms in total. The maximum absolute atomic E-state index is 12.9. The van der Waals surface area contributed by atoms with Gasteiger partial charge in [-0.3, -0.25) is 4.79 Å². The van der Waals surface area contributed by atoms with Crippen LogP contribution in [0.25, 0.3) is 10.9 Å². The molecule has 1 aliphatic rings. The summed E-state index contributed by atoms with van der Waals surface area (Å²) >= 11 is 3.45. The number of anilines is 1. The van der Waals surface area contributed by atoms with Crippen molar-refractivity contribution in [1.29, 1.82) is 0 Å². The molecule has 1 aromatic heterocycles. The summed E-state index contributed by atoms with van der Waals surface area (Å²) in [7, 11) is 1.33. The van der Waals surface area contributed by atoms with Gasteiger partial charge in [0.25, 0.3) is 5.91 Å². The Morgan fingerprint density at radius 3 is 2.88 bits per heavy atom. The van der Waals surface area contributed by atoms with Crippen molar-refractivity contribution >= 4 is 44.4 Å². The van der Waals surface area contributed by atoms with E-state index in [1.165, 1.54) is 18.4 Å². The summed E-state index contributed by atoms with van der Waals surface area (Å²) in [5.74, 6) is 0.0445. The maximum atomic E-state index is 12.9. The van der Waals surface area contributed by atoms with Crippen molar-refractivity contribution in [1.82, 2.24) is 4.98 Å². The molecule has 140 valence electrons. The summed E-state index contributed by atoms with van der Waals surface area (Å²) in [5.41, 5.74) is 1.52. The molecule has 3 rings (SSSR count). The fraction of sp³-hybridized carbons (Fsp3) is 0.474. The fourth-order valence-corrected chi connectivity index (χ4v) is 4.05. The number of likely N-dealkylation sites (tertiary alicyclic amines) is 1. The molecule has 3 N–H and O–H groups in total. The molecular formula is C19H25BrN3O3+. The van der Waals surface area contributed by atoms with Gasteiger partial charge in [0.15, 0.2) is 6.04 Å². The molecule has 2 aromatic rings. The van der Waals surface area contributed by atoms with Crippen molar-refractivity contribution in [2.45, 2.75) is 32.7 Å². The molecule has 1 fully saturated rings. The van der Waals surface area contributed by atoms with Crippen LogP contribution in [0, 0.1) is 5.92 Å². The van der Waals surface area contributed by atoms with Gasteiger partial charge in [-0.1, -0.05) is 22.9 Å². The van der Waals surface area contributed by atoms with Crippen LogP contribution in [0.5, 0.6) is 0 Å². The molecule has 0 bridgehead atoms. The number of amides is 1. The molecule has 0 spiro atoms. The predicted octanol–water partition coefficient (Wildman–Crippen LogP) is 2.36. The number of fused-ring (bicyclic) bond motifs is 1. The smallest absolute Gasteiger partial charge is 0.356 e. The van der Waals surface area contributed by atoms with Crippen molar-refractivity contribution < 1.29 is 19.2 Å². The fourth-order valence-electron chi connectivity index (χ4n) is 3.69. The van der Waals surface area contributed by atoms with E-state index in [0.29, 0.717) is 11.6 Å². The van der Waals surface area contributed by atoms with Gasteiger partial charge in [-0.25, -0.2) is 4.79 Å². The van der Waals surface area contributed by atoms with Gasteiger partial charge in [0.2, 0.25) is 0 Å². The van der Waals surface area contributed by atoms with Gasteiger partial charge in [0, 0.05) is 21.3 Å². The van der Waals surface area contributed by atoms with E-state index in [1.807, 2.05) is 25.1 Å². The highest BCUT2D eigenvalue weighted by Crippen LogP contribution is 2.30. The van der Waals surface area contributed by atoms with Crippen LogP contribution in [0.1, 0.15) is 37.2 Å². The number of H-pyrrole nitrogens is 1. The van der Waals surface area contributed by atoms with Crippen molar-refractivity contribution in [2.75, 3.05) is 25.5 Å². The molecule has 0 radical (unpaired) electrons. The third-order valence-electron chi connectivity index (χ3n) is 5.21. The second-order valence-electron chi connectivity index (χ2n) is 7.13. The molecule has 0 saturated carbocycles. The number of carbonyl (C=O) groups excluding carboxylic acids is 2. The second kappa shape index (κ2) is 7.80. The molecular weight excluding hydrogens is 398 g/mol. The number of ether oxygens (including phenoxy) is 1. The molecule has 1 amide bonds. The first-order valence-electron chi connectivity index (χ1n) is 8.95. The van der Waals surface area contributed by atoms with Gasteiger partial charge in [0.1, 0.15) is 5.69 Å². The Morgan fingerprint density at radius 1 is 1.42 bits per heavy atom. The zero-order valence-corrected chi connectivity index (χ0v) is 16.9. The van der Waals surface area contributed by atoms with Crippen molar-refractivity contribution in [3.8, 4) is 0 Å². The number of carbonyl (C=O) groups is 2. The maximum Gasteiger partial charge on any atom is 0.356 e. The Balaban J connectivity index is 1.90. The molecule has 1 unspecified atom stereocenters. The van der Waals surface area contributed by atoms with Crippen LogP contribution < -0.4 is 10.2 Å². The van der Waals surface area contributed by atoms with Crippen molar-refractivity contribution in [3.63, 3.8) is 0 Å². The zero-order valence-electron chi connectivity index (χ0n) is 15.3. The van der Waals surface area contributed by atoms with Crippen LogP contribution in [0.2, 0.25) is 0 Å². The highest BCUT2D eigenvalue weighted by Gasteiger charge is 2.31. The van der Waals surface area contributed by atoms with Gasteiger partial charge in [-0.2, -0.15) is 0 Å². The van der Waals surface area contributed by atoms with Crippen LogP contribution in [0.15, 0.2) is 22.7 Å². The third kappa shape index (κ3) is 3.78. The van der Waals surface area contributed by atoms with E-state index in [4.69, 9.17) is 4.74 Å². The van der Waals surface area contributed by atoms with Crippen LogP contribution in [-0.2, 0) is 9.53 Å². The van der Waals surface area contributed by atoms with Gasteiger partial charge in [-0.05, 0) is 38.0 Å². The molecule has 2 heterocycles. The Hall–Kier alpha value is -1.86. The Kier molecular flexibility index (Phi) is 5.67. The van der Waals surface area contributed by atoms with E-state index < -0.39 is 5.97 Å². The number of rotatable bonds is 4. The molecule has 3 atom stereocenters. The van der Waals surface area contributed by atoms with E-state index >= 15 is 0 Å². The normalized spacial score (nSPS) is 21.4.